The predicted molar refractivity (Wildman–Crippen MR) is 163 cm³/mol. The Kier molecular flexibility index (Phi) is 17.7. The van der Waals surface area contributed by atoms with E-state index in [1.807, 2.05) is 42.5 Å². The molecule has 0 N–H and O–H groups in total. The van der Waals surface area contributed by atoms with Gasteiger partial charge in [0.05, 0.1) is 6.61 Å². The molecule has 0 spiro atoms. The molecule has 204 valence electrons. The Hall–Kier alpha value is -2.00. The summed E-state index contributed by atoms with van der Waals surface area (Å²) in [5.74, 6) is 0.784. The molecule has 0 bridgehead atoms. The van der Waals surface area contributed by atoms with Gasteiger partial charge in [0.1, 0.15) is 5.75 Å². The Morgan fingerprint density at radius 3 is 1.81 bits per heavy atom. The van der Waals surface area contributed by atoms with Crippen molar-refractivity contribution < 1.29 is 9.53 Å². The van der Waals surface area contributed by atoms with Gasteiger partial charge in [0, 0.05) is 10.5 Å². The maximum absolute atomic E-state index is 12.6. The zero-order valence-electron chi connectivity index (χ0n) is 23.5. The van der Waals surface area contributed by atoms with E-state index in [0.717, 1.165) is 17.7 Å². The summed E-state index contributed by atoms with van der Waals surface area (Å²) in [6, 6.07) is 15.8. The average molecular weight is 523 g/mol. The first-order chi connectivity index (χ1) is 18.2. The first-order valence-corrected chi connectivity index (χ1v) is 16.0. The van der Waals surface area contributed by atoms with Gasteiger partial charge in [0.2, 0.25) is 0 Å². The van der Waals surface area contributed by atoms with Crippen LogP contribution in [0.4, 0.5) is 0 Å². The van der Waals surface area contributed by atoms with Gasteiger partial charge in [-0.1, -0.05) is 134 Å². The summed E-state index contributed by atoms with van der Waals surface area (Å²) in [5.41, 5.74) is 1.70. The topological polar surface area (TPSA) is 26.3 Å². The van der Waals surface area contributed by atoms with Crippen molar-refractivity contribution in [3.05, 3.63) is 65.7 Å². The van der Waals surface area contributed by atoms with E-state index in [-0.39, 0.29) is 5.78 Å². The van der Waals surface area contributed by atoms with Gasteiger partial charge in [0.25, 0.3) is 0 Å². The van der Waals surface area contributed by atoms with Crippen LogP contribution in [-0.2, 0) is 0 Å². The zero-order chi connectivity index (χ0) is 26.4. The average Bonchev–Trinajstić information content (AvgIpc) is 2.93. The number of carbonyl (C=O) groups is 1. The molecule has 0 heterocycles. The number of benzene rings is 2. The van der Waals surface area contributed by atoms with Crippen LogP contribution < -0.4 is 4.74 Å². The maximum Gasteiger partial charge on any atom is 0.185 e. The van der Waals surface area contributed by atoms with Crippen LogP contribution >= 0.6 is 11.8 Å². The third-order valence-electron chi connectivity index (χ3n) is 6.93. The Labute approximate surface area is 231 Å². The van der Waals surface area contributed by atoms with Crippen LogP contribution in [0.2, 0.25) is 0 Å². The van der Waals surface area contributed by atoms with Crippen molar-refractivity contribution in [1.82, 2.24) is 0 Å². The van der Waals surface area contributed by atoms with Gasteiger partial charge in [0.15, 0.2) is 5.78 Å². The smallest absolute Gasteiger partial charge is 0.185 e. The van der Waals surface area contributed by atoms with Crippen molar-refractivity contribution in [2.24, 2.45) is 0 Å². The third-order valence-corrected chi connectivity index (χ3v) is 7.67. The molecule has 2 nitrogen and oxygen atoms in total. The molecule has 0 saturated carbocycles. The minimum absolute atomic E-state index is 0.00167. The van der Waals surface area contributed by atoms with Gasteiger partial charge >= 0.3 is 0 Å². The first-order valence-electron chi connectivity index (χ1n) is 14.8. The van der Waals surface area contributed by atoms with Crippen LogP contribution in [0.15, 0.2) is 59.5 Å². The molecular formula is C34H50O2S. The molecule has 0 saturated heterocycles. The lowest BCUT2D eigenvalue weighted by atomic mass is 10.0. The fourth-order valence-electron chi connectivity index (χ4n) is 4.56. The highest BCUT2D eigenvalue weighted by Gasteiger charge is 2.04. The molecule has 0 amide bonds. The van der Waals surface area contributed by atoms with E-state index in [1.54, 1.807) is 17.8 Å². The third kappa shape index (κ3) is 15.1. The molecule has 0 aliphatic carbocycles. The summed E-state index contributed by atoms with van der Waals surface area (Å²) in [6.45, 7) is 3.00. The Balaban J connectivity index is 1.48. The van der Waals surface area contributed by atoms with Crippen LogP contribution in [0.5, 0.6) is 5.75 Å². The minimum atomic E-state index is 0.00167. The number of ether oxygens (including phenoxy) is 1. The Morgan fingerprint density at radius 1 is 0.730 bits per heavy atom. The maximum atomic E-state index is 12.6. The molecule has 0 atom stereocenters. The Bertz CT molecular complexity index is 872. The second kappa shape index (κ2) is 21.0. The van der Waals surface area contributed by atoms with E-state index in [1.165, 1.54) is 101 Å². The highest BCUT2D eigenvalue weighted by molar-refractivity contribution is 7.98. The van der Waals surface area contributed by atoms with Crippen molar-refractivity contribution >= 4 is 23.6 Å². The second-order valence-electron chi connectivity index (χ2n) is 10.2. The van der Waals surface area contributed by atoms with Gasteiger partial charge in [-0.2, -0.15) is 0 Å². The van der Waals surface area contributed by atoms with Crippen LogP contribution in [-0.4, -0.2) is 18.6 Å². The van der Waals surface area contributed by atoms with Crippen LogP contribution in [0, 0.1) is 0 Å². The number of unbranched alkanes of at least 4 members (excludes halogenated alkanes) is 15. The largest absolute Gasteiger partial charge is 0.494 e. The summed E-state index contributed by atoms with van der Waals surface area (Å²) in [5, 5.41) is 0. The molecule has 2 aromatic rings. The molecule has 0 aromatic heterocycles. The number of allylic oxidation sites excluding steroid dienone is 1. The van der Waals surface area contributed by atoms with E-state index < -0.39 is 0 Å². The van der Waals surface area contributed by atoms with E-state index in [2.05, 4.69) is 25.3 Å². The summed E-state index contributed by atoms with van der Waals surface area (Å²) in [6.07, 6.45) is 27.5. The lowest BCUT2D eigenvalue weighted by molar-refractivity contribution is 0.104. The molecule has 2 aromatic carbocycles. The standard InChI is InChI=1S/C34H50O2S/c1-3-4-5-6-7-8-9-10-11-12-13-14-15-16-17-18-28-36-32-21-19-20-31(29-32)34(35)27-24-30-22-25-33(37-2)26-23-30/h19-27,29H,3-18,28H2,1-2H3. The summed E-state index contributed by atoms with van der Waals surface area (Å²) >= 11 is 1.71. The fraction of sp³-hybridized carbons (Fsp3) is 0.559. The van der Waals surface area contributed by atoms with Crippen LogP contribution in [0.3, 0.4) is 0 Å². The number of ketones is 1. The zero-order valence-corrected chi connectivity index (χ0v) is 24.3. The lowest BCUT2D eigenvalue weighted by Crippen LogP contribution is -2.00. The monoisotopic (exact) mass is 522 g/mol. The first kappa shape index (κ1) is 31.2. The van der Waals surface area contributed by atoms with Crippen molar-refractivity contribution in [3.63, 3.8) is 0 Å². The van der Waals surface area contributed by atoms with Gasteiger partial charge in [-0.05, 0) is 48.6 Å². The number of thioether (sulfide) groups is 1. The highest BCUT2D eigenvalue weighted by Crippen LogP contribution is 2.18. The molecule has 2 rings (SSSR count). The summed E-state index contributed by atoms with van der Waals surface area (Å²) in [7, 11) is 0. The van der Waals surface area contributed by atoms with E-state index in [4.69, 9.17) is 4.74 Å². The van der Waals surface area contributed by atoms with Crippen molar-refractivity contribution in [1.29, 1.82) is 0 Å². The minimum Gasteiger partial charge on any atom is -0.494 e. The van der Waals surface area contributed by atoms with Crippen molar-refractivity contribution in [2.45, 2.75) is 115 Å². The van der Waals surface area contributed by atoms with E-state index >= 15 is 0 Å². The van der Waals surface area contributed by atoms with Gasteiger partial charge < -0.3 is 4.74 Å². The normalized spacial score (nSPS) is 11.3. The van der Waals surface area contributed by atoms with Crippen molar-refractivity contribution in [2.75, 3.05) is 12.9 Å². The van der Waals surface area contributed by atoms with Crippen LogP contribution in [0.1, 0.15) is 126 Å². The molecule has 0 aliphatic rings. The molecule has 37 heavy (non-hydrogen) atoms. The molecule has 0 unspecified atom stereocenters. The SMILES string of the molecule is CCCCCCCCCCCCCCCCCCOc1cccc(C(=O)C=Cc2ccc(SC)cc2)c1. The van der Waals surface area contributed by atoms with Crippen LogP contribution in [0.25, 0.3) is 6.08 Å². The molecule has 3 heteroatoms. The molecule has 0 aliphatic heterocycles. The number of carbonyl (C=O) groups excluding carboxylic acids is 1. The highest BCUT2D eigenvalue weighted by atomic mass is 32.2. The number of hydrogen-bond donors (Lipinski definition) is 0. The predicted octanol–water partition coefficient (Wildman–Crippen LogP) is 10.9. The van der Waals surface area contributed by atoms with E-state index in [0.29, 0.717) is 12.2 Å². The number of hydrogen-bond acceptors (Lipinski definition) is 3. The van der Waals surface area contributed by atoms with Crippen molar-refractivity contribution in [3.8, 4) is 5.75 Å². The number of rotatable bonds is 22. The Morgan fingerprint density at radius 2 is 1.27 bits per heavy atom. The quantitative estimate of drug-likeness (QED) is 0.0665. The molecule has 0 fully saturated rings. The van der Waals surface area contributed by atoms with Gasteiger partial charge in [-0.25, -0.2) is 0 Å². The van der Waals surface area contributed by atoms with Gasteiger partial charge in [-0.15, -0.1) is 11.8 Å². The molecule has 0 radical (unpaired) electrons. The summed E-state index contributed by atoms with van der Waals surface area (Å²) in [4.78, 5) is 13.8. The lowest BCUT2D eigenvalue weighted by Gasteiger charge is -2.07. The van der Waals surface area contributed by atoms with Gasteiger partial charge in [-0.3, -0.25) is 4.79 Å². The second-order valence-corrected chi connectivity index (χ2v) is 11.0. The van der Waals surface area contributed by atoms with E-state index in [9.17, 15) is 4.79 Å². The fourth-order valence-corrected chi connectivity index (χ4v) is 4.97. The summed E-state index contributed by atoms with van der Waals surface area (Å²) < 4.78 is 5.93. The molecular weight excluding hydrogens is 472 g/mol.